The van der Waals surface area contributed by atoms with Gasteiger partial charge in [-0.3, -0.25) is 0 Å². The summed E-state index contributed by atoms with van der Waals surface area (Å²) < 4.78 is 26.5. The van der Waals surface area contributed by atoms with Gasteiger partial charge in [-0.2, -0.15) is 0 Å². The molecule has 6 heteroatoms. The van der Waals surface area contributed by atoms with E-state index in [1.807, 2.05) is 0 Å². The lowest BCUT2D eigenvalue weighted by Crippen LogP contribution is -2.26. The molecule has 1 aromatic rings. The minimum atomic E-state index is -3.44. The van der Waals surface area contributed by atoms with E-state index >= 15 is 0 Å². The van der Waals surface area contributed by atoms with Gasteiger partial charge in [0, 0.05) is 6.54 Å². The first-order valence-corrected chi connectivity index (χ1v) is 8.59. The Morgan fingerprint density at radius 2 is 2.14 bits per heavy atom. The van der Waals surface area contributed by atoms with Gasteiger partial charge in [-0.1, -0.05) is 23.8 Å². The molecule has 1 aromatic carbocycles. The molecule has 0 saturated heterocycles. The van der Waals surface area contributed by atoms with E-state index in [-0.39, 0.29) is 11.3 Å². The summed E-state index contributed by atoms with van der Waals surface area (Å²) in [5.41, 5.74) is 1.88. The molecule has 0 atom stereocenters. The van der Waals surface area contributed by atoms with Crippen molar-refractivity contribution in [3.63, 3.8) is 0 Å². The number of carboxylic acid groups (broad SMARTS) is 1. The Morgan fingerprint density at radius 3 is 2.81 bits per heavy atom. The molecule has 0 aliphatic heterocycles. The lowest BCUT2D eigenvalue weighted by molar-refractivity contribution is 0.0696. The maximum Gasteiger partial charge on any atom is 0.335 e. The number of rotatable bonds is 7. The van der Waals surface area contributed by atoms with E-state index in [2.05, 4.69) is 10.8 Å². The molecular formula is C15H19NO4S. The molecule has 0 radical (unpaired) electrons. The van der Waals surface area contributed by atoms with Crippen LogP contribution >= 0.6 is 0 Å². The molecule has 0 bridgehead atoms. The van der Waals surface area contributed by atoms with E-state index in [1.54, 1.807) is 12.1 Å². The van der Waals surface area contributed by atoms with Crippen molar-refractivity contribution in [3.05, 3.63) is 47.0 Å². The summed E-state index contributed by atoms with van der Waals surface area (Å²) in [6.45, 7) is 0.396. The van der Waals surface area contributed by atoms with Gasteiger partial charge in [-0.15, -0.1) is 0 Å². The van der Waals surface area contributed by atoms with Gasteiger partial charge in [0.1, 0.15) is 0 Å². The van der Waals surface area contributed by atoms with Crippen LogP contribution in [-0.2, 0) is 15.8 Å². The average Bonchev–Trinajstić information content (AvgIpc) is 2.91. The molecule has 0 saturated carbocycles. The molecule has 1 aliphatic carbocycles. The maximum absolute atomic E-state index is 12.0. The molecule has 0 spiro atoms. The summed E-state index contributed by atoms with van der Waals surface area (Å²) in [5, 5.41) is 8.90. The number of carbonyl (C=O) groups is 1. The number of benzene rings is 1. The van der Waals surface area contributed by atoms with Crippen molar-refractivity contribution >= 4 is 16.0 Å². The molecule has 0 unspecified atom stereocenters. The average molecular weight is 309 g/mol. The van der Waals surface area contributed by atoms with Crippen LogP contribution in [0.3, 0.4) is 0 Å². The van der Waals surface area contributed by atoms with Gasteiger partial charge >= 0.3 is 5.97 Å². The second kappa shape index (κ2) is 6.87. The Morgan fingerprint density at radius 1 is 1.33 bits per heavy atom. The normalized spacial score (nSPS) is 15.0. The highest BCUT2D eigenvalue weighted by molar-refractivity contribution is 7.88. The fraction of sp³-hybridized carbons (Fsp3) is 0.400. The lowest BCUT2D eigenvalue weighted by Gasteiger charge is -2.08. The lowest BCUT2D eigenvalue weighted by atomic mass is 10.1. The zero-order chi connectivity index (χ0) is 15.3. The van der Waals surface area contributed by atoms with Crippen molar-refractivity contribution in [1.29, 1.82) is 0 Å². The van der Waals surface area contributed by atoms with E-state index in [1.165, 1.54) is 17.7 Å². The Hall–Kier alpha value is -1.66. The number of carboxylic acids is 1. The maximum atomic E-state index is 12.0. The summed E-state index contributed by atoms with van der Waals surface area (Å²) >= 11 is 0. The van der Waals surface area contributed by atoms with Gasteiger partial charge in [0.05, 0.1) is 11.3 Å². The van der Waals surface area contributed by atoms with Crippen LogP contribution in [0, 0.1) is 0 Å². The topological polar surface area (TPSA) is 83.5 Å². The second-order valence-electron chi connectivity index (χ2n) is 5.16. The minimum absolute atomic E-state index is 0.0961. The van der Waals surface area contributed by atoms with Crippen LogP contribution in [0.2, 0.25) is 0 Å². The molecule has 1 aliphatic rings. The van der Waals surface area contributed by atoms with Crippen molar-refractivity contribution in [2.45, 2.75) is 31.4 Å². The smallest absolute Gasteiger partial charge is 0.335 e. The Bertz CT molecular complexity index is 649. The minimum Gasteiger partial charge on any atom is -0.478 e. The fourth-order valence-corrected chi connectivity index (χ4v) is 3.53. The summed E-state index contributed by atoms with van der Waals surface area (Å²) in [5.74, 6) is -1.26. The number of nitrogens with one attached hydrogen (secondary N) is 1. The summed E-state index contributed by atoms with van der Waals surface area (Å²) in [4.78, 5) is 10.9. The number of sulfonamides is 1. The largest absolute Gasteiger partial charge is 0.478 e. The number of allylic oxidation sites excluding steroid dienone is 1. The van der Waals surface area contributed by atoms with Crippen LogP contribution in [0.15, 0.2) is 35.9 Å². The monoisotopic (exact) mass is 309 g/mol. The summed E-state index contributed by atoms with van der Waals surface area (Å²) in [6, 6.07) is 6.00. The highest BCUT2D eigenvalue weighted by Crippen LogP contribution is 2.20. The van der Waals surface area contributed by atoms with Crippen LogP contribution in [-0.4, -0.2) is 26.0 Å². The molecule has 0 heterocycles. The van der Waals surface area contributed by atoms with E-state index in [0.29, 0.717) is 12.1 Å². The van der Waals surface area contributed by atoms with E-state index in [4.69, 9.17) is 5.11 Å². The molecule has 0 fully saturated rings. The predicted octanol–water partition coefficient (Wildman–Crippen LogP) is 2.30. The van der Waals surface area contributed by atoms with Crippen molar-refractivity contribution in [2.75, 3.05) is 6.54 Å². The van der Waals surface area contributed by atoms with Gasteiger partial charge in [0.25, 0.3) is 0 Å². The van der Waals surface area contributed by atoms with Crippen LogP contribution in [0.5, 0.6) is 0 Å². The predicted molar refractivity (Wildman–Crippen MR) is 80.6 cm³/mol. The first-order valence-electron chi connectivity index (χ1n) is 6.94. The summed E-state index contributed by atoms with van der Waals surface area (Å²) in [7, 11) is -3.44. The fourth-order valence-electron chi connectivity index (χ4n) is 2.40. The van der Waals surface area contributed by atoms with Crippen LogP contribution in [0.1, 0.15) is 41.6 Å². The Kier molecular flexibility index (Phi) is 5.14. The van der Waals surface area contributed by atoms with Crippen LogP contribution in [0.25, 0.3) is 0 Å². The Balaban J connectivity index is 1.90. The quantitative estimate of drug-likeness (QED) is 0.757. The van der Waals surface area contributed by atoms with Gasteiger partial charge in [0.2, 0.25) is 10.0 Å². The summed E-state index contributed by atoms with van der Waals surface area (Å²) in [6.07, 6.45) is 6.22. The standard InChI is InChI=1S/C15H19NO4S/c17-15(18)14-7-3-6-13(10-14)11-21(19,20)16-9-8-12-4-1-2-5-12/h3-4,6-7,10,16H,1-2,5,8-9,11H2,(H,17,18). The zero-order valence-electron chi connectivity index (χ0n) is 11.7. The van der Waals surface area contributed by atoms with Crippen molar-refractivity contribution in [2.24, 2.45) is 0 Å². The molecule has 21 heavy (non-hydrogen) atoms. The zero-order valence-corrected chi connectivity index (χ0v) is 12.5. The third-order valence-electron chi connectivity index (χ3n) is 3.43. The third-order valence-corrected chi connectivity index (χ3v) is 4.79. The molecule has 114 valence electrons. The van der Waals surface area contributed by atoms with E-state index in [9.17, 15) is 13.2 Å². The first kappa shape index (κ1) is 15.7. The first-order chi connectivity index (χ1) is 9.96. The number of hydrogen-bond donors (Lipinski definition) is 2. The van der Waals surface area contributed by atoms with Crippen molar-refractivity contribution in [1.82, 2.24) is 4.72 Å². The molecular weight excluding hydrogens is 290 g/mol. The third kappa shape index (κ3) is 4.99. The van der Waals surface area contributed by atoms with E-state index < -0.39 is 16.0 Å². The number of aromatic carboxylic acids is 1. The number of hydrogen-bond acceptors (Lipinski definition) is 3. The molecule has 2 rings (SSSR count). The SMILES string of the molecule is O=C(O)c1cccc(CS(=O)(=O)NCCC2=CCCC2)c1. The second-order valence-corrected chi connectivity index (χ2v) is 6.97. The Labute approximate surface area is 124 Å². The highest BCUT2D eigenvalue weighted by Gasteiger charge is 2.13. The molecule has 0 aromatic heterocycles. The van der Waals surface area contributed by atoms with Crippen LogP contribution < -0.4 is 4.72 Å². The van der Waals surface area contributed by atoms with E-state index in [0.717, 1.165) is 25.7 Å². The van der Waals surface area contributed by atoms with Crippen molar-refractivity contribution in [3.8, 4) is 0 Å². The van der Waals surface area contributed by atoms with Gasteiger partial charge < -0.3 is 5.11 Å². The molecule has 0 amide bonds. The van der Waals surface area contributed by atoms with Gasteiger partial charge in [0.15, 0.2) is 0 Å². The van der Waals surface area contributed by atoms with Crippen LogP contribution in [0.4, 0.5) is 0 Å². The van der Waals surface area contributed by atoms with Gasteiger partial charge in [-0.05, 0) is 43.4 Å². The molecule has 2 N–H and O–H groups in total. The van der Waals surface area contributed by atoms with Crippen molar-refractivity contribution < 1.29 is 18.3 Å². The molecule has 5 nitrogen and oxygen atoms in total. The van der Waals surface area contributed by atoms with Gasteiger partial charge in [-0.25, -0.2) is 17.9 Å². The highest BCUT2D eigenvalue weighted by atomic mass is 32.2.